The van der Waals surface area contributed by atoms with Gasteiger partial charge in [-0.1, -0.05) is 31.2 Å². The largest absolute Gasteiger partial charge is 0.384 e. The molecule has 0 aliphatic carbocycles. The van der Waals surface area contributed by atoms with E-state index >= 15 is 0 Å². The van der Waals surface area contributed by atoms with Crippen molar-refractivity contribution in [2.45, 2.75) is 39.3 Å². The van der Waals surface area contributed by atoms with E-state index in [0.717, 1.165) is 32.5 Å². The van der Waals surface area contributed by atoms with Crippen LogP contribution in [0.1, 0.15) is 30.9 Å². The van der Waals surface area contributed by atoms with Crippen LogP contribution >= 0.6 is 0 Å². The molecule has 1 heterocycles. The molecule has 1 atom stereocenters. The van der Waals surface area contributed by atoms with Crippen LogP contribution in [0.5, 0.6) is 0 Å². The molecule has 2 rings (SSSR count). The number of methoxy groups -OCH3 is 1. The molecule has 6 heteroatoms. The van der Waals surface area contributed by atoms with Gasteiger partial charge in [0.25, 0.3) is 0 Å². The third-order valence-electron chi connectivity index (χ3n) is 4.54. The summed E-state index contributed by atoms with van der Waals surface area (Å²) in [7, 11) is -1.64. The third-order valence-corrected chi connectivity index (χ3v) is 6.24. The van der Waals surface area contributed by atoms with E-state index in [0.29, 0.717) is 6.61 Å². The number of piperidine rings is 1. The fourth-order valence-corrected chi connectivity index (χ4v) is 4.93. The topological polar surface area (TPSA) is 58.6 Å². The van der Waals surface area contributed by atoms with Crippen molar-refractivity contribution in [3.63, 3.8) is 0 Å². The lowest BCUT2D eigenvalue weighted by molar-refractivity contribution is 0.167. The Morgan fingerprint density at radius 1 is 1.29 bits per heavy atom. The van der Waals surface area contributed by atoms with Gasteiger partial charge in [-0.2, -0.15) is 0 Å². The number of nitrogens with zero attached hydrogens (tertiary/aromatic N) is 1. The first-order valence-corrected chi connectivity index (χ1v) is 10.3. The summed E-state index contributed by atoms with van der Waals surface area (Å²) in [5, 5.41) is 0. The van der Waals surface area contributed by atoms with Crippen molar-refractivity contribution in [2.24, 2.45) is 5.92 Å². The van der Waals surface area contributed by atoms with Crippen LogP contribution in [-0.4, -0.2) is 51.9 Å². The van der Waals surface area contributed by atoms with Gasteiger partial charge in [-0.25, -0.2) is 13.1 Å². The minimum atomic E-state index is -3.23. The van der Waals surface area contributed by atoms with Gasteiger partial charge in [0, 0.05) is 39.4 Å². The number of rotatable bonds is 8. The quantitative estimate of drug-likeness (QED) is 0.777. The van der Waals surface area contributed by atoms with Gasteiger partial charge >= 0.3 is 0 Å². The fraction of sp³-hybridized carbons (Fsp3) is 0.667. The average molecular weight is 355 g/mol. The van der Waals surface area contributed by atoms with E-state index in [1.807, 2.05) is 6.92 Å². The molecule has 1 saturated heterocycles. The third kappa shape index (κ3) is 6.16. The summed E-state index contributed by atoms with van der Waals surface area (Å²) in [5.74, 6) is 0.137. The number of benzene rings is 1. The van der Waals surface area contributed by atoms with Crippen LogP contribution in [0.25, 0.3) is 0 Å². The Balaban J connectivity index is 1.79. The lowest BCUT2D eigenvalue weighted by Gasteiger charge is -2.32. The zero-order chi connectivity index (χ0) is 17.6. The highest BCUT2D eigenvalue weighted by atomic mass is 32.2. The molecule has 0 bridgehead atoms. The minimum Gasteiger partial charge on any atom is -0.384 e. The van der Waals surface area contributed by atoms with E-state index in [4.69, 9.17) is 4.74 Å². The van der Waals surface area contributed by atoms with Gasteiger partial charge in [-0.3, -0.25) is 4.90 Å². The molecule has 0 unspecified atom stereocenters. The van der Waals surface area contributed by atoms with Crippen molar-refractivity contribution in [3.8, 4) is 0 Å². The number of aryl methyl sites for hydroxylation is 1. The number of hydrogen-bond donors (Lipinski definition) is 1. The van der Waals surface area contributed by atoms with Crippen LogP contribution < -0.4 is 4.72 Å². The monoisotopic (exact) mass is 354 g/mol. The Hall–Kier alpha value is -0.950. The first kappa shape index (κ1) is 19.4. The minimum absolute atomic E-state index is 0.00800. The van der Waals surface area contributed by atoms with E-state index in [1.54, 1.807) is 7.11 Å². The highest BCUT2D eigenvalue weighted by molar-refractivity contribution is 7.89. The van der Waals surface area contributed by atoms with E-state index in [1.165, 1.54) is 11.1 Å². The number of hydrogen-bond acceptors (Lipinski definition) is 4. The van der Waals surface area contributed by atoms with Gasteiger partial charge in [0.1, 0.15) is 0 Å². The summed E-state index contributed by atoms with van der Waals surface area (Å²) >= 11 is 0. The van der Waals surface area contributed by atoms with Crippen LogP contribution in [0.3, 0.4) is 0 Å². The second kappa shape index (κ2) is 8.94. The van der Waals surface area contributed by atoms with E-state index in [-0.39, 0.29) is 17.7 Å². The van der Waals surface area contributed by atoms with Crippen LogP contribution in [0.15, 0.2) is 24.3 Å². The second-order valence-electron chi connectivity index (χ2n) is 6.94. The lowest BCUT2D eigenvalue weighted by Crippen LogP contribution is -2.45. The predicted molar refractivity (Wildman–Crippen MR) is 97.4 cm³/mol. The molecule has 1 aromatic carbocycles. The van der Waals surface area contributed by atoms with Crippen LogP contribution in [-0.2, 0) is 21.3 Å². The van der Waals surface area contributed by atoms with Gasteiger partial charge in [-0.05, 0) is 36.8 Å². The summed E-state index contributed by atoms with van der Waals surface area (Å²) < 4.78 is 32.3. The maximum Gasteiger partial charge on any atom is 0.212 e. The summed E-state index contributed by atoms with van der Waals surface area (Å²) in [5.41, 5.74) is 2.66. The molecule has 0 amide bonds. The maximum absolute atomic E-state index is 12.2. The van der Waals surface area contributed by atoms with Crippen molar-refractivity contribution >= 4 is 10.0 Å². The van der Waals surface area contributed by atoms with Gasteiger partial charge in [0.15, 0.2) is 0 Å². The number of sulfonamides is 1. The second-order valence-corrected chi connectivity index (χ2v) is 8.74. The van der Waals surface area contributed by atoms with Crippen LogP contribution in [0.4, 0.5) is 0 Å². The zero-order valence-electron chi connectivity index (χ0n) is 15.0. The van der Waals surface area contributed by atoms with Crippen molar-refractivity contribution < 1.29 is 13.2 Å². The summed E-state index contributed by atoms with van der Waals surface area (Å²) in [6, 6.07) is 8.49. The molecule has 1 fully saturated rings. The molecule has 1 aliphatic heterocycles. The van der Waals surface area contributed by atoms with Crippen molar-refractivity contribution in [1.82, 2.24) is 9.62 Å². The fourth-order valence-electron chi connectivity index (χ4n) is 3.25. The lowest BCUT2D eigenvalue weighted by atomic mass is 10.0. The van der Waals surface area contributed by atoms with Crippen molar-refractivity contribution in [2.75, 3.05) is 32.6 Å². The molecule has 5 nitrogen and oxygen atoms in total. The molecular formula is C18H30N2O3S. The van der Waals surface area contributed by atoms with E-state index in [2.05, 4.69) is 40.8 Å². The number of ether oxygens (including phenoxy) is 1. The van der Waals surface area contributed by atoms with Gasteiger partial charge in [0.05, 0.1) is 5.75 Å². The molecule has 1 N–H and O–H groups in total. The van der Waals surface area contributed by atoms with Crippen molar-refractivity contribution in [3.05, 3.63) is 35.4 Å². The van der Waals surface area contributed by atoms with Gasteiger partial charge < -0.3 is 4.74 Å². The smallest absolute Gasteiger partial charge is 0.212 e. The molecule has 0 aromatic heterocycles. The van der Waals surface area contributed by atoms with E-state index < -0.39 is 10.0 Å². The molecule has 0 saturated carbocycles. The molecule has 0 radical (unpaired) electrons. The molecule has 1 aliphatic rings. The molecular weight excluding hydrogens is 324 g/mol. The summed E-state index contributed by atoms with van der Waals surface area (Å²) in [6.07, 6.45) is 1.73. The zero-order valence-corrected chi connectivity index (χ0v) is 15.8. The Morgan fingerprint density at radius 2 is 1.96 bits per heavy atom. The normalized spacial score (nSPS) is 18.6. The maximum atomic E-state index is 12.2. The Kier molecular flexibility index (Phi) is 7.22. The number of nitrogens with one attached hydrogen (secondary N) is 1. The Labute approximate surface area is 146 Å². The Morgan fingerprint density at radius 3 is 2.58 bits per heavy atom. The molecule has 136 valence electrons. The SMILES string of the molecule is COC[C@H](C)CS(=O)(=O)NC1CCN(Cc2ccccc2C)CC1. The summed E-state index contributed by atoms with van der Waals surface area (Å²) in [4.78, 5) is 2.40. The molecule has 24 heavy (non-hydrogen) atoms. The highest BCUT2D eigenvalue weighted by Crippen LogP contribution is 2.17. The number of likely N-dealkylation sites (tertiary alicyclic amines) is 1. The highest BCUT2D eigenvalue weighted by Gasteiger charge is 2.24. The standard InChI is InChI=1S/C18H30N2O3S/c1-15(13-23-3)14-24(21,22)19-18-8-10-20(11-9-18)12-17-7-5-4-6-16(17)2/h4-7,15,18-19H,8-14H2,1-3H3/t15-/m0/s1. The van der Waals surface area contributed by atoms with Crippen molar-refractivity contribution in [1.29, 1.82) is 0 Å². The van der Waals surface area contributed by atoms with Gasteiger partial charge in [-0.15, -0.1) is 0 Å². The van der Waals surface area contributed by atoms with Crippen LogP contribution in [0.2, 0.25) is 0 Å². The first-order chi connectivity index (χ1) is 11.4. The first-order valence-electron chi connectivity index (χ1n) is 8.65. The molecule has 1 aromatic rings. The average Bonchev–Trinajstić information content (AvgIpc) is 2.51. The summed E-state index contributed by atoms with van der Waals surface area (Å²) in [6.45, 7) is 7.29. The molecule has 0 spiro atoms. The van der Waals surface area contributed by atoms with Crippen LogP contribution in [0, 0.1) is 12.8 Å². The predicted octanol–water partition coefficient (Wildman–Crippen LogP) is 2.16. The Bertz CT molecular complexity index is 610. The van der Waals surface area contributed by atoms with Gasteiger partial charge in [0.2, 0.25) is 10.0 Å². The van der Waals surface area contributed by atoms with E-state index in [9.17, 15) is 8.42 Å².